The van der Waals surface area contributed by atoms with Crippen molar-refractivity contribution in [3.8, 4) is 22.3 Å². The van der Waals surface area contributed by atoms with Crippen LogP contribution in [0.1, 0.15) is 29.5 Å². The molecule has 4 aromatic rings. The molecule has 2 unspecified atom stereocenters. The Morgan fingerprint density at radius 2 is 0.917 bits per heavy atom. The second-order valence-corrected chi connectivity index (χ2v) is 41.7. The van der Waals surface area contributed by atoms with Gasteiger partial charge in [-0.3, -0.25) is 0 Å². The number of halogens is 2. The standard InChI is InChI=1S/2C15H11.2CH3.2ClH.H2Si.Zr/c2*1-2-5-12(6-3-1)15-10-9-13-7-4-8-14(13)11-15;;;;;;/h2*1-11H;2*1H3;2*1H;1H2;. The number of allylic oxidation sites excluding steroid dienone is 2. The normalized spacial score (nSPS) is 17.6. The molecule has 0 nitrogen and oxygen atoms in total. The van der Waals surface area contributed by atoms with Gasteiger partial charge in [-0.15, -0.1) is 24.8 Å². The van der Waals surface area contributed by atoms with Crippen molar-refractivity contribution in [2.24, 2.45) is 0 Å². The van der Waals surface area contributed by atoms with Gasteiger partial charge in [0.15, 0.2) is 0 Å². The van der Waals surface area contributed by atoms with Crippen LogP contribution in [0.4, 0.5) is 0 Å². The molecule has 0 spiro atoms. The van der Waals surface area contributed by atoms with Gasteiger partial charge in [-0.2, -0.15) is 0 Å². The van der Waals surface area contributed by atoms with Crippen molar-refractivity contribution in [3.63, 3.8) is 0 Å². The van der Waals surface area contributed by atoms with Crippen molar-refractivity contribution in [1.29, 1.82) is 0 Å². The predicted molar refractivity (Wildman–Crippen MR) is 162 cm³/mol. The summed E-state index contributed by atoms with van der Waals surface area (Å²) in [5.41, 5.74) is 11.1. The van der Waals surface area contributed by atoms with Crippen molar-refractivity contribution >= 4 is 43.8 Å². The molecule has 0 N–H and O–H groups in total. The molecule has 2 aliphatic rings. The van der Waals surface area contributed by atoms with Gasteiger partial charge in [0, 0.05) is 0 Å². The topological polar surface area (TPSA) is 0 Å². The van der Waals surface area contributed by atoms with E-state index in [1.54, 1.807) is 0 Å². The summed E-state index contributed by atoms with van der Waals surface area (Å²) in [5.74, 6) is 0. The van der Waals surface area contributed by atoms with Crippen LogP contribution < -0.4 is 0 Å². The van der Waals surface area contributed by atoms with Gasteiger partial charge in [-0.05, 0) is 0 Å². The third-order valence-electron chi connectivity index (χ3n) is 8.04. The van der Waals surface area contributed by atoms with Crippen molar-refractivity contribution < 1.29 is 17.4 Å². The summed E-state index contributed by atoms with van der Waals surface area (Å²) >= 11 is -3.35. The van der Waals surface area contributed by atoms with Crippen LogP contribution in [0.15, 0.2) is 109 Å². The first-order chi connectivity index (χ1) is 16.4. The molecule has 2 aliphatic carbocycles. The van der Waals surface area contributed by atoms with Crippen LogP contribution in [0.2, 0.25) is 9.26 Å². The molecule has 0 heterocycles. The van der Waals surface area contributed by atoms with Crippen molar-refractivity contribution in [2.45, 2.75) is 16.5 Å². The summed E-state index contributed by atoms with van der Waals surface area (Å²) in [6, 6.07) is 35.8. The summed E-state index contributed by atoms with van der Waals surface area (Å²) in [6.07, 6.45) is 9.82. The molecule has 36 heavy (non-hydrogen) atoms. The third kappa shape index (κ3) is 4.59. The van der Waals surface area contributed by atoms with E-state index >= 15 is 0 Å². The second-order valence-electron chi connectivity index (χ2n) is 11.0. The van der Waals surface area contributed by atoms with Gasteiger partial charge in [-0.25, -0.2) is 0 Å². The summed E-state index contributed by atoms with van der Waals surface area (Å²) in [6.45, 7) is 2.39. The van der Waals surface area contributed by atoms with E-state index in [0.29, 0.717) is 7.25 Å². The summed E-state index contributed by atoms with van der Waals surface area (Å²) in [4.78, 5) is 0. The molecular weight excluding hydrogens is 575 g/mol. The minimum atomic E-state index is -3.35. The van der Waals surface area contributed by atoms with Crippen molar-refractivity contribution in [1.82, 2.24) is 0 Å². The Bertz CT molecular complexity index is 1420. The Balaban J connectivity index is 0.00000152. The molecular formula is C32H32Cl2SiZr. The number of fused-ring (bicyclic) bond motifs is 2. The molecule has 0 radical (unpaired) electrons. The average Bonchev–Trinajstić information content (AvgIpc) is 3.50. The first-order valence-electron chi connectivity index (χ1n) is 12.2. The van der Waals surface area contributed by atoms with E-state index < -0.39 is 17.4 Å². The molecule has 0 saturated heterocycles. The van der Waals surface area contributed by atoms with Crippen LogP contribution >= 0.6 is 24.8 Å². The maximum atomic E-state index is 2.68. The van der Waals surface area contributed by atoms with E-state index in [9.17, 15) is 0 Å². The molecule has 4 aromatic carbocycles. The van der Waals surface area contributed by atoms with Gasteiger partial charge in [0.2, 0.25) is 0 Å². The monoisotopic (exact) mass is 604 g/mol. The molecule has 182 valence electrons. The van der Waals surface area contributed by atoms with Crippen LogP contribution in [0, 0.1) is 0 Å². The minimum absolute atomic E-state index is 0. The average molecular weight is 607 g/mol. The fourth-order valence-electron chi connectivity index (χ4n) is 6.07. The fraction of sp³-hybridized carbons (Fsp3) is 0.125. The van der Waals surface area contributed by atoms with Crippen LogP contribution in [-0.2, 0) is 17.4 Å². The third-order valence-corrected chi connectivity index (χ3v) is 25.8. The van der Waals surface area contributed by atoms with E-state index in [1.165, 1.54) is 44.5 Å². The van der Waals surface area contributed by atoms with Crippen molar-refractivity contribution in [2.75, 3.05) is 0 Å². The summed E-state index contributed by atoms with van der Waals surface area (Å²) < 4.78 is 6.44. The molecule has 0 saturated carbocycles. The van der Waals surface area contributed by atoms with Crippen LogP contribution in [0.3, 0.4) is 0 Å². The Morgan fingerprint density at radius 1 is 0.528 bits per heavy atom. The quantitative estimate of drug-likeness (QED) is 0.203. The molecule has 6 rings (SSSR count). The molecule has 2 atom stereocenters. The molecule has 0 fully saturated rings. The number of rotatable bonds is 4. The molecule has 0 aliphatic heterocycles. The van der Waals surface area contributed by atoms with E-state index in [1.807, 2.05) is 0 Å². The number of benzene rings is 4. The number of hydrogen-bond acceptors (Lipinski definition) is 0. The molecule has 0 aromatic heterocycles. The summed E-state index contributed by atoms with van der Waals surface area (Å²) in [7, 11) is 0. The molecule has 4 heteroatoms. The zero-order valence-electron chi connectivity index (χ0n) is 20.7. The Kier molecular flexibility index (Phi) is 7.58. The van der Waals surface area contributed by atoms with E-state index in [4.69, 9.17) is 0 Å². The first-order valence-corrected chi connectivity index (χ1v) is 25.9. The first kappa shape index (κ1) is 27.1. The molecule has 0 bridgehead atoms. The van der Waals surface area contributed by atoms with E-state index in [2.05, 4.69) is 138 Å². The van der Waals surface area contributed by atoms with Gasteiger partial charge in [0.25, 0.3) is 0 Å². The fourth-order valence-corrected chi connectivity index (χ4v) is 21.1. The van der Waals surface area contributed by atoms with Gasteiger partial charge in [0.05, 0.1) is 0 Å². The maximum absolute atomic E-state index is 3.35. The zero-order chi connectivity index (χ0) is 23.4. The van der Waals surface area contributed by atoms with Gasteiger partial charge < -0.3 is 0 Å². The second kappa shape index (κ2) is 10.1. The zero-order valence-corrected chi connectivity index (χ0v) is 26.2. The van der Waals surface area contributed by atoms with Crippen LogP contribution in [0.25, 0.3) is 34.4 Å². The summed E-state index contributed by atoms with van der Waals surface area (Å²) in [5, 5.41) is 0. The SMILES string of the molecule is Cl.Cl.[CH3][Zr]([CH3])(=[SiH2])([CH]1C=Cc2ccc(-c3ccccc3)cc21)[CH]1C=Cc2ccc(-c3ccccc3)cc21. The van der Waals surface area contributed by atoms with Crippen molar-refractivity contribution in [3.05, 3.63) is 131 Å². The van der Waals surface area contributed by atoms with Gasteiger partial charge in [-0.1, -0.05) is 0 Å². The van der Waals surface area contributed by atoms with Crippen LogP contribution in [-0.4, -0.2) is 6.88 Å². The number of hydrogen-bond donors (Lipinski definition) is 0. The Labute approximate surface area is 229 Å². The van der Waals surface area contributed by atoms with Gasteiger partial charge >= 0.3 is 207 Å². The molecule has 0 amide bonds. The van der Waals surface area contributed by atoms with Gasteiger partial charge in [0.1, 0.15) is 0 Å². The Morgan fingerprint density at radius 3 is 1.31 bits per heavy atom. The van der Waals surface area contributed by atoms with E-state index in [-0.39, 0.29) is 24.8 Å². The van der Waals surface area contributed by atoms with Crippen LogP contribution in [0.5, 0.6) is 0 Å². The predicted octanol–water partition coefficient (Wildman–Crippen LogP) is 9.03. The Hall–Kier alpha value is -1.96. The van der Waals surface area contributed by atoms with E-state index in [0.717, 1.165) is 0 Å².